The number of hydrogen-bond acceptors (Lipinski definition) is 5. The van der Waals surface area contributed by atoms with Crippen molar-refractivity contribution in [3.63, 3.8) is 0 Å². The second-order valence-electron chi connectivity index (χ2n) is 2.57. The van der Waals surface area contributed by atoms with Crippen molar-refractivity contribution in [2.45, 2.75) is 0 Å². The molecule has 1 aromatic rings. The maximum atomic E-state index is 8.67. The molecule has 0 bridgehead atoms. The number of pyridine rings is 1. The van der Waals surface area contributed by atoms with Crippen LogP contribution in [0, 0.1) is 16.9 Å². The van der Waals surface area contributed by atoms with Crippen molar-refractivity contribution < 1.29 is 4.84 Å². The number of halogens is 1. The third-order valence-corrected chi connectivity index (χ3v) is 1.72. The lowest BCUT2D eigenvalue weighted by Gasteiger charge is -2.16. The Morgan fingerprint density at radius 2 is 2.44 bits per heavy atom. The van der Waals surface area contributed by atoms with Crippen LogP contribution in [-0.2, 0) is 4.84 Å². The van der Waals surface area contributed by atoms with E-state index in [1.807, 2.05) is 0 Å². The summed E-state index contributed by atoms with van der Waals surface area (Å²) in [6.45, 7) is 0. The molecule has 0 saturated carbocycles. The summed E-state index contributed by atoms with van der Waals surface area (Å²) in [6.07, 6.45) is 3.14. The van der Waals surface area contributed by atoms with Crippen molar-refractivity contribution in [3.05, 3.63) is 23.5 Å². The van der Waals surface area contributed by atoms with Gasteiger partial charge in [0.1, 0.15) is 5.15 Å². The fraction of sp³-hybridized carbons (Fsp3) is 0.125. The quantitative estimate of drug-likeness (QED) is 0.182. The van der Waals surface area contributed by atoms with Crippen LogP contribution in [0.2, 0.25) is 5.15 Å². The highest BCUT2D eigenvalue weighted by molar-refractivity contribution is 6.29. The van der Waals surface area contributed by atoms with E-state index in [1.165, 1.54) is 13.3 Å². The molecule has 0 amide bonds. The normalized spacial score (nSPS) is 9.31. The van der Waals surface area contributed by atoms with Gasteiger partial charge in [-0.15, -0.1) is 0 Å². The Morgan fingerprint density at radius 1 is 1.69 bits per heavy atom. The molecule has 3 N–H and O–H groups in total. The van der Waals surface area contributed by atoms with E-state index in [1.54, 1.807) is 18.3 Å². The first kappa shape index (κ1) is 12.2. The second kappa shape index (κ2) is 5.87. The van der Waals surface area contributed by atoms with Gasteiger partial charge in [0.25, 0.3) is 0 Å². The number of nitrogens with one attached hydrogen (secondary N) is 3. The van der Waals surface area contributed by atoms with Crippen molar-refractivity contribution in [2.75, 3.05) is 12.4 Å². The van der Waals surface area contributed by atoms with Crippen LogP contribution < -0.4 is 10.9 Å². The Bertz CT molecular complexity index is 400. The fourth-order valence-corrected chi connectivity index (χ4v) is 0.962. The molecular formula is C8H9ClN6O. The predicted octanol–water partition coefficient (Wildman–Crippen LogP) is 0.931. The molecule has 7 nitrogen and oxygen atoms in total. The third kappa shape index (κ3) is 3.36. The molecule has 0 radical (unpaired) electrons. The number of guanidine groups is 1. The van der Waals surface area contributed by atoms with Gasteiger partial charge >= 0.3 is 0 Å². The highest BCUT2D eigenvalue weighted by atomic mass is 35.5. The number of nitrogens with zero attached hydrogens (tertiary/aromatic N) is 3. The van der Waals surface area contributed by atoms with Crippen molar-refractivity contribution in [2.24, 2.45) is 0 Å². The second-order valence-corrected chi connectivity index (χ2v) is 2.96. The smallest absolute Gasteiger partial charge is 0.226 e. The summed E-state index contributed by atoms with van der Waals surface area (Å²) in [7, 11) is 1.33. The van der Waals surface area contributed by atoms with E-state index in [-0.39, 0.29) is 5.96 Å². The minimum absolute atomic E-state index is 0.200. The Kier molecular flexibility index (Phi) is 4.47. The Morgan fingerprint density at radius 3 is 2.94 bits per heavy atom. The Labute approximate surface area is 97.0 Å². The minimum Gasteiger partial charge on any atom is -0.323 e. The zero-order chi connectivity index (χ0) is 12.0. The summed E-state index contributed by atoms with van der Waals surface area (Å²) >= 11 is 5.60. The zero-order valence-corrected chi connectivity index (χ0v) is 9.12. The number of anilines is 1. The Hall–Kier alpha value is -1.88. The monoisotopic (exact) mass is 240 g/mol. The largest absolute Gasteiger partial charge is 0.323 e. The van der Waals surface area contributed by atoms with Gasteiger partial charge in [-0.05, 0) is 12.1 Å². The predicted molar refractivity (Wildman–Crippen MR) is 58.2 cm³/mol. The van der Waals surface area contributed by atoms with Gasteiger partial charge in [0.2, 0.25) is 12.2 Å². The number of hydrogen-bond donors (Lipinski definition) is 3. The molecule has 0 aromatic carbocycles. The molecule has 16 heavy (non-hydrogen) atoms. The molecule has 0 fully saturated rings. The lowest BCUT2D eigenvalue weighted by molar-refractivity contribution is 0.0112. The molecule has 0 aliphatic carbocycles. The maximum absolute atomic E-state index is 8.67. The topological polar surface area (TPSA) is 97.1 Å². The zero-order valence-electron chi connectivity index (χ0n) is 8.36. The van der Waals surface area contributed by atoms with E-state index in [2.05, 4.69) is 20.7 Å². The van der Waals surface area contributed by atoms with Crippen LogP contribution in [0.15, 0.2) is 18.3 Å². The van der Waals surface area contributed by atoms with E-state index < -0.39 is 0 Å². The first-order valence-electron chi connectivity index (χ1n) is 4.13. The van der Waals surface area contributed by atoms with Gasteiger partial charge in [0, 0.05) is 0 Å². The standard InChI is InChI=1S/C8H9ClN6O/c1-16-14-15(5-10)8(11)13-6-2-3-7(9)12-4-6/h2-4,14H,1H3,(H2,11,13). The number of hydrazine groups is 1. The van der Waals surface area contributed by atoms with Crippen LogP contribution in [0.25, 0.3) is 0 Å². The lowest BCUT2D eigenvalue weighted by atomic mass is 10.4. The first-order chi connectivity index (χ1) is 7.67. The van der Waals surface area contributed by atoms with E-state index in [0.29, 0.717) is 10.8 Å². The molecular weight excluding hydrogens is 232 g/mol. The van der Waals surface area contributed by atoms with Gasteiger partial charge in [-0.25, -0.2) is 4.98 Å². The molecule has 0 aliphatic rings. The molecule has 84 valence electrons. The average molecular weight is 241 g/mol. The molecule has 0 saturated heterocycles. The highest BCUT2D eigenvalue weighted by Crippen LogP contribution is 2.09. The van der Waals surface area contributed by atoms with E-state index in [4.69, 9.17) is 22.3 Å². The van der Waals surface area contributed by atoms with Crippen molar-refractivity contribution in [3.8, 4) is 6.19 Å². The molecule has 8 heteroatoms. The van der Waals surface area contributed by atoms with Crippen LogP contribution in [0.4, 0.5) is 5.69 Å². The summed E-state index contributed by atoms with van der Waals surface area (Å²) < 4.78 is 0. The Balaban J connectivity index is 2.63. The van der Waals surface area contributed by atoms with Crippen LogP contribution in [0.5, 0.6) is 0 Å². The van der Waals surface area contributed by atoms with Gasteiger partial charge in [-0.2, -0.15) is 10.3 Å². The van der Waals surface area contributed by atoms with Gasteiger partial charge in [-0.3, -0.25) is 10.2 Å². The van der Waals surface area contributed by atoms with Gasteiger partial charge in [-0.1, -0.05) is 17.2 Å². The molecule has 0 spiro atoms. The van der Waals surface area contributed by atoms with Crippen LogP contribution in [0.3, 0.4) is 0 Å². The van der Waals surface area contributed by atoms with Crippen LogP contribution in [0.1, 0.15) is 0 Å². The van der Waals surface area contributed by atoms with E-state index in [0.717, 1.165) is 5.01 Å². The number of nitriles is 1. The molecule has 1 heterocycles. The van der Waals surface area contributed by atoms with Crippen LogP contribution in [-0.4, -0.2) is 23.1 Å². The molecule has 0 atom stereocenters. The average Bonchev–Trinajstić information content (AvgIpc) is 2.29. The summed E-state index contributed by atoms with van der Waals surface area (Å²) in [5, 5.41) is 20.0. The summed E-state index contributed by atoms with van der Waals surface area (Å²) in [6, 6.07) is 3.20. The van der Waals surface area contributed by atoms with E-state index in [9.17, 15) is 0 Å². The van der Waals surface area contributed by atoms with Crippen molar-refractivity contribution in [1.29, 1.82) is 10.7 Å². The fourth-order valence-electron chi connectivity index (χ4n) is 0.850. The first-order valence-corrected chi connectivity index (χ1v) is 4.50. The number of rotatable bonds is 3. The van der Waals surface area contributed by atoms with E-state index >= 15 is 0 Å². The van der Waals surface area contributed by atoms with Crippen LogP contribution >= 0.6 is 11.6 Å². The third-order valence-electron chi connectivity index (χ3n) is 1.50. The summed E-state index contributed by atoms with van der Waals surface area (Å²) in [5.41, 5.74) is 2.74. The van der Waals surface area contributed by atoms with Crippen molar-refractivity contribution in [1.82, 2.24) is 15.6 Å². The molecule has 0 aliphatic heterocycles. The minimum atomic E-state index is -0.200. The lowest BCUT2D eigenvalue weighted by Crippen LogP contribution is -2.41. The maximum Gasteiger partial charge on any atom is 0.226 e. The molecule has 1 rings (SSSR count). The highest BCUT2D eigenvalue weighted by Gasteiger charge is 2.08. The van der Waals surface area contributed by atoms with Gasteiger partial charge in [0.15, 0.2) is 0 Å². The van der Waals surface area contributed by atoms with Crippen molar-refractivity contribution >= 4 is 23.2 Å². The molecule has 1 aromatic heterocycles. The SMILES string of the molecule is CONN(C#N)C(=N)Nc1ccc(Cl)nc1. The van der Waals surface area contributed by atoms with Gasteiger partial charge in [0.05, 0.1) is 19.0 Å². The van der Waals surface area contributed by atoms with Gasteiger partial charge < -0.3 is 5.32 Å². The summed E-state index contributed by atoms with van der Waals surface area (Å²) in [5.74, 6) is -0.200. The summed E-state index contributed by atoms with van der Waals surface area (Å²) in [4.78, 5) is 8.33. The number of aromatic nitrogens is 1. The molecule has 0 unspecified atom stereocenters.